The summed E-state index contributed by atoms with van der Waals surface area (Å²) in [4.78, 5) is 21.4. The second-order valence-corrected chi connectivity index (χ2v) is 6.85. The van der Waals surface area contributed by atoms with Gasteiger partial charge in [0.05, 0.1) is 11.8 Å². The summed E-state index contributed by atoms with van der Waals surface area (Å²) in [6.07, 6.45) is 3.41. The number of amidine groups is 1. The fourth-order valence-electron chi connectivity index (χ4n) is 3.73. The van der Waals surface area contributed by atoms with E-state index in [1.54, 1.807) is 0 Å². The summed E-state index contributed by atoms with van der Waals surface area (Å²) in [6, 6.07) is 5.74. The Morgan fingerprint density at radius 2 is 2.12 bits per heavy atom. The van der Waals surface area contributed by atoms with Crippen molar-refractivity contribution < 1.29 is 9.53 Å². The zero-order valence-electron chi connectivity index (χ0n) is 13.9. The second kappa shape index (κ2) is 6.53. The summed E-state index contributed by atoms with van der Waals surface area (Å²) in [6.45, 7) is 5.27. The largest absolute Gasteiger partial charge is 0.387 e. The molecule has 0 spiro atoms. The molecule has 6 nitrogen and oxygen atoms in total. The molecule has 1 aromatic carbocycles. The molecule has 0 saturated carbocycles. The molecule has 3 heterocycles. The maximum Gasteiger partial charge on any atom is 0.254 e. The van der Waals surface area contributed by atoms with Crippen molar-refractivity contribution in [3.05, 3.63) is 29.3 Å². The van der Waals surface area contributed by atoms with Crippen LogP contribution >= 0.6 is 0 Å². The van der Waals surface area contributed by atoms with E-state index < -0.39 is 0 Å². The molecule has 0 radical (unpaired) electrons. The molecule has 6 heteroatoms. The normalized spacial score (nSPS) is 24.1. The van der Waals surface area contributed by atoms with Crippen LogP contribution < -0.4 is 5.73 Å². The van der Waals surface area contributed by atoms with E-state index in [4.69, 9.17) is 10.5 Å². The summed E-state index contributed by atoms with van der Waals surface area (Å²) in [7, 11) is 0. The van der Waals surface area contributed by atoms with Crippen LogP contribution in [0.1, 0.15) is 28.8 Å². The number of ether oxygens (including phenoxy) is 1. The van der Waals surface area contributed by atoms with E-state index >= 15 is 0 Å². The molecule has 1 unspecified atom stereocenters. The minimum Gasteiger partial charge on any atom is -0.387 e. The van der Waals surface area contributed by atoms with Crippen molar-refractivity contribution in [2.45, 2.75) is 25.4 Å². The molecule has 0 aromatic heterocycles. The first-order valence-corrected chi connectivity index (χ1v) is 8.78. The van der Waals surface area contributed by atoms with Crippen molar-refractivity contribution in [2.24, 2.45) is 10.7 Å². The number of fused-ring (bicyclic) bond motifs is 1. The number of amides is 1. The highest BCUT2D eigenvalue weighted by molar-refractivity contribution is 5.97. The van der Waals surface area contributed by atoms with Crippen molar-refractivity contribution in [1.82, 2.24) is 9.80 Å². The van der Waals surface area contributed by atoms with E-state index in [-0.39, 0.29) is 5.91 Å². The smallest absolute Gasteiger partial charge is 0.254 e. The Kier molecular flexibility index (Phi) is 4.24. The first kappa shape index (κ1) is 15.6. The van der Waals surface area contributed by atoms with Crippen LogP contribution in [0.5, 0.6) is 0 Å². The lowest BCUT2D eigenvalue weighted by atomic mass is 10.1. The zero-order chi connectivity index (χ0) is 16.5. The van der Waals surface area contributed by atoms with Crippen LogP contribution in [0.4, 0.5) is 5.69 Å². The minimum atomic E-state index is 0.0928. The van der Waals surface area contributed by atoms with Crippen LogP contribution in [0.2, 0.25) is 0 Å². The lowest BCUT2D eigenvalue weighted by Gasteiger charge is -2.35. The summed E-state index contributed by atoms with van der Waals surface area (Å²) in [5.74, 6) is 0.715. The third-order valence-electron chi connectivity index (χ3n) is 5.11. The first-order chi connectivity index (χ1) is 11.7. The number of aliphatic imine (C=N–C) groups is 1. The molecule has 1 aromatic rings. The summed E-state index contributed by atoms with van der Waals surface area (Å²) < 4.78 is 5.71. The van der Waals surface area contributed by atoms with Crippen molar-refractivity contribution in [3.63, 3.8) is 0 Å². The molecular weight excluding hydrogens is 304 g/mol. The molecule has 3 aliphatic heterocycles. The molecule has 1 atom stereocenters. The van der Waals surface area contributed by atoms with Gasteiger partial charge < -0.3 is 15.4 Å². The van der Waals surface area contributed by atoms with E-state index in [2.05, 4.69) is 9.89 Å². The Hall–Kier alpha value is -1.92. The maximum absolute atomic E-state index is 12.7. The van der Waals surface area contributed by atoms with Gasteiger partial charge in [-0.3, -0.25) is 9.69 Å². The fourth-order valence-corrected chi connectivity index (χ4v) is 3.73. The Balaban J connectivity index is 1.35. The SMILES string of the molecule is NC1=Nc2cc(C(=O)N3CCN(CC4CCCO4)CC3)ccc2C1. The van der Waals surface area contributed by atoms with Crippen LogP contribution in [-0.4, -0.2) is 67.0 Å². The van der Waals surface area contributed by atoms with E-state index in [9.17, 15) is 4.79 Å². The van der Waals surface area contributed by atoms with Gasteiger partial charge in [0.1, 0.15) is 5.84 Å². The Morgan fingerprint density at radius 3 is 2.88 bits per heavy atom. The molecule has 2 saturated heterocycles. The monoisotopic (exact) mass is 328 g/mol. The number of nitrogens with zero attached hydrogens (tertiary/aromatic N) is 3. The second-order valence-electron chi connectivity index (χ2n) is 6.85. The van der Waals surface area contributed by atoms with Gasteiger partial charge in [-0.05, 0) is 30.5 Å². The average molecular weight is 328 g/mol. The Morgan fingerprint density at radius 1 is 1.29 bits per heavy atom. The molecule has 2 fully saturated rings. The Labute approximate surface area is 142 Å². The lowest BCUT2D eigenvalue weighted by Crippen LogP contribution is -2.50. The highest BCUT2D eigenvalue weighted by Gasteiger charge is 2.26. The third-order valence-corrected chi connectivity index (χ3v) is 5.11. The molecule has 24 heavy (non-hydrogen) atoms. The zero-order valence-corrected chi connectivity index (χ0v) is 13.9. The molecule has 0 bridgehead atoms. The van der Waals surface area contributed by atoms with Gasteiger partial charge in [0, 0.05) is 51.3 Å². The Bertz CT molecular complexity index is 659. The number of nitrogens with two attached hydrogens (primary N) is 1. The lowest BCUT2D eigenvalue weighted by molar-refractivity contribution is 0.0433. The molecule has 0 aliphatic carbocycles. The van der Waals surface area contributed by atoms with Gasteiger partial charge in [0.25, 0.3) is 5.91 Å². The molecule has 4 rings (SSSR count). The van der Waals surface area contributed by atoms with Gasteiger partial charge in [-0.2, -0.15) is 0 Å². The molecule has 2 N–H and O–H groups in total. The van der Waals surface area contributed by atoms with E-state index in [1.165, 1.54) is 6.42 Å². The van der Waals surface area contributed by atoms with E-state index in [0.29, 0.717) is 23.9 Å². The molecule has 128 valence electrons. The average Bonchev–Trinajstić information content (AvgIpc) is 3.22. The van der Waals surface area contributed by atoms with Crippen molar-refractivity contribution >= 4 is 17.4 Å². The molecule has 1 amide bonds. The van der Waals surface area contributed by atoms with Gasteiger partial charge in [-0.1, -0.05) is 6.07 Å². The standard InChI is InChI=1S/C18H24N4O2/c19-17-11-13-3-4-14(10-16(13)20-17)18(23)22-7-5-21(6-8-22)12-15-2-1-9-24-15/h3-4,10,15H,1-2,5-9,11-12H2,(H2,19,20). The number of carbonyl (C=O) groups excluding carboxylic acids is 1. The third kappa shape index (κ3) is 3.16. The topological polar surface area (TPSA) is 71.2 Å². The number of hydrogen-bond acceptors (Lipinski definition) is 5. The first-order valence-electron chi connectivity index (χ1n) is 8.78. The van der Waals surface area contributed by atoms with Crippen LogP contribution in [0, 0.1) is 0 Å². The van der Waals surface area contributed by atoms with Crippen LogP contribution in [0.3, 0.4) is 0 Å². The van der Waals surface area contributed by atoms with Gasteiger partial charge in [-0.25, -0.2) is 4.99 Å². The van der Waals surface area contributed by atoms with Gasteiger partial charge in [0.2, 0.25) is 0 Å². The molecular formula is C18H24N4O2. The number of hydrogen-bond donors (Lipinski definition) is 1. The molecule has 3 aliphatic rings. The summed E-state index contributed by atoms with van der Waals surface area (Å²) in [5.41, 5.74) is 8.43. The fraction of sp³-hybridized carbons (Fsp3) is 0.556. The number of piperazine rings is 1. The highest BCUT2D eigenvalue weighted by atomic mass is 16.5. The van der Waals surface area contributed by atoms with Crippen molar-refractivity contribution in [2.75, 3.05) is 39.3 Å². The number of rotatable bonds is 3. The van der Waals surface area contributed by atoms with Gasteiger partial charge in [-0.15, -0.1) is 0 Å². The van der Waals surface area contributed by atoms with Crippen LogP contribution in [0.15, 0.2) is 23.2 Å². The highest BCUT2D eigenvalue weighted by Crippen LogP contribution is 2.27. The van der Waals surface area contributed by atoms with Gasteiger partial charge >= 0.3 is 0 Å². The van der Waals surface area contributed by atoms with Gasteiger partial charge in [0.15, 0.2) is 0 Å². The number of carbonyl (C=O) groups is 1. The van der Waals surface area contributed by atoms with E-state index in [0.717, 1.165) is 57.0 Å². The summed E-state index contributed by atoms with van der Waals surface area (Å²) >= 11 is 0. The van der Waals surface area contributed by atoms with E-state index in [1.807, 2.05) is 23.1 Å². The van der Waals surface area contributed by atoms with Crippen molar-refractivity contribution in [1.29, 1.82) is 0 Å². The quantitative estimate of drug-likeness (QED) is 0.904. The van der Waals surface area contributed by atoms with Crippen molar-refractivity contribution in [3.8, 4) is 0 Å². The van der Waals surface area contributed by atoms with Crippen LogP contribution in [-0.2, 0) is 11.2 Å². The number of benzene rings is 1. The predicted octanol–water partition coefficient (Wildman–Crippen LogP) is 1.17. The van der Waals surface area contributed by atoms with Crippen LogP contribution in [0.25, 0.3) is 0 Å². The minimum absolute atomic E-state index is 0.0928. The predicted molar refractivity (Wildman–Crippen MR) is 92.7 cm³/mol. The summed E-state index contributed by atoms with van der Waals surface area (Å²) in [5, 5.41) is 0. The maximum atomic E-state index is 12.7.